The molecule has 7 nitrogen and oxygen atoms in total. The summed E-state index contributed by atoms with van der Waals surface area (Å²) in [5, 5.41) is 3.53. The molecule has 1 atom stereocenters. The molecule has 204 valence electrons. The van der Waals surface area contributed by atoms with Crippen LogP contribution < -0.4 is 19.7 Å². The molecule has 1 aliphatic heterocycles. The Morgan fingerprint density at radius 1 is 0.875 bits per heavy atom. The van der Waals surface area contributed by atoms with Gasteiger partial charge in [-0.25, -0.2) is 4.21 Å². The van der Waals surface area contributed by atoms with E-state index in [1.165, 1.54) is 0 Å². The van der Waals surface area contributed by atoms with Gasteiger partial charge in [0.1, 0.15) is 0 Å². The third-order valence-corrected chi connectivity index (χ3v) is 8.43. The van der Waals surface area contributed by atoms with Crippen LogP contribution in [0.2, 0.25) is 5.02 Å². The number of carbonyl (C=O) groups is 2. The molecule has 0 fully saturated rings. The topological polar surface area (TPSA) is 84.9 Å². The Bertz CT molecular complexity index is 1610. The number of hydrogen-bond acceptors (Lipinski definition) is 5. The van der Waals surface area contributed by atoms with E-state index in [0.29, 0.717) is 56.1 Å². The van der Waals surface area contributed by atoms with Crippen LogP contribution in [0.25, 0.3) is 0 Å². The highest BCUT2D eigenvalue weighted by atomic mass is 35.5. The quantitative estimate of drug-likeness (QED) is 0.294. The number of halogens is 1. The van der Waals surface area contributed by atoms with Gasteiger partial charge in [-0.1, -0.05) is 41.9 Å². The van der Waals surface area contributed by atoms with Crippen LogP contribution in [0.3, 0.4) is 0 Å². The van der Waals surface area contributed by atoms with Crippen molar-refractivity contribution in [2.24, 2.45) is 0 Å². The van der Waals surface area contributed by atoms with E-state index in [1.807, 2.05) is 30.3 Å². The van der Waals surface area contributed by atoms with Gasteiger partial charge in [0.15, 0.2) is 11.5 Å². The summed E-state index contributed by atoms with van der Waals surface area (Å²) in [6, 6.07) is 24.7. The van der Waals surface area contributed by atoms with Gasteiger partial charge in [0.25, 0.3) is 11.8 Å². The Labute approximate surface area is 240 Å². The molecule has 4 aromatic rings. The molecule has 1 heterocycles. The summed E-state index contributed by atoms with van der Waals surface area (Å²) in [5.74, 6) is 0.674. The lowest BCUT2D eigenvalue weighted by Gasteiger charge is -2.23. The van der Waals surface area contributed by atoms with E-state index >= 15 is 0 Å². The van der Waals surface area contributed by atoms with Crippen molar-refractivity contribution in [3.8, 4) is 11.5 Å². The van der Waals surface area contributed by atoms with Crippen LogP contribution in [0.4, 0.5) is 5.69 Å². The highest BCUT2D eigenvalue weighted by Gasteiger charge is 2.31. The smallest absolute Gasteiger partial charge is 0.259 e. The van der Waals surface area contributed by atoms with Gasteiger partial charge in [-0.3, -0.25) is 9.59 Å². The molecule has 0 saturated heterocycles. The van der Waals surface area contributed by atoms with Crippen molar-refractivity contribution in [1.82, 2.24) is 5.32 Å². The van der Waals surface area contributed by atoms with Crippen molar-refractivity contribution in [1.29, 1.82) is 0 Å². The number of benzene rings is 4. The first-order chi connectivity index (χ1) is 19.4. The second-order valence-corrected chi connectivity index (χ2v) is 11.0. The zero-order chi connectivity index (χ0) is 28.2. The summed E-state index contributed by atoms with van der Waals surface area (Å²) in [7, 11) is 1.55. The minimum atomic E-state index is -1.61. The molecular weight excluding hydrogens is 548 g/mol. The minimum absolute atomic E-state index is 0.221. The van der Waals surface area contributed by atoms with Gasteiger partial charge >= 0.3 is 0 Å². The fourth-order valence-electron chi connectivity index (χ4n) is 4.59. The number of methoxy groups -OCH3 is 2. The Balaban J connectivity index is 1.42. The van der Waals surface area contributed by atoms with Crippen molar-refractivity contribution in [3.05, 3.63) is 112 Å². The Hall–Kier alpha value is -4.14. The Kier molecular flexibility index (Phi) is 8.19. The third-order valence-electron chi connectivity index (χ3n) is 6.68. The molecule has 40 heavy (non-hydrogen) atoms. The molecule has 4 aromatic carbocycles. The van der Waals surface area contributed by atoms with E-state index in [1.54, 1.807) is 73.7 Å². The summed E-state index contributed by atoms with van der Waals surface area (Å²) in [6.07, 6.45) is 0.581. The number of ether oxygens (including phenoxy) is 2. The fourth-order valence-corrected chi connectivity index (χ4v) is 6.06. The van der Waals surface area contributed by atoms with E-state index in [-0.39, 0.29) is 18.4 Å². The lowest BCUT2D eigenvalue weighted by atomic mass is 10.1. The standard InChI is InChI=1S/C31H27ClN2O5S/c1-38-26-13-9-20(17-27(26)39-2)15-16-33-30(35)22-10-14-29-25(18-22)34(19-21-7-11-23(32)12-8-21)31(36)24-5-3-4-6-28(24)40(29)37/h3-14,17-18H,15-16,19H2,1-2H3,(H,33,35). The summed E-state index contributed by atoms with van der Waals surface area (Å²) in [5.41, 5.74) is 2.99. The van der Waals surface area contributed by atoms with Gasteiger partial charge < -0.3 is 19.7 Å². The monoisotopic (exact) mass is 574 g/mol. The largest absolute Gasteiger partial charge is 0.493 e. The highest BCUT2D eigenvalue weighted by molar-refractivity contribution is 7.85. The highest BCUT2D eigenvalue weighted by Crippen LogP contribution is 2.36. The minimum Gasteiger partial charge on any atom is -0.493 e. The lowest BCUT2D eigenvalue weighted by Crippen LogP contribution is -2.31. The molecule has 1 unspecified atom stereocenters. The second-order valence-electron chi connectivity index (χ2n) is 9.16. The number of nitrogens with one attached hydrogen (secondary N) is 1. The van der Waals surface area contributed by atoms with Gasteiger partial charge in [0, 0.05) is 17.1 Å². The van der Waals surface area contributed by atoms with E-state index in [4.69, 9.17) is 21.1 Å². The number of anilines is 1. The van der Waals surface area contributed by atoms with Crippen LogP contribution in [0.5, 0.6) is 11.5 Å². The van der Waals surface area contributed by atoms with Crippen LogP contribution in [0, 0.1) is 0 Å². The first-order valence-corrected chi connectivity index (χ1v) is 14.1. The van der Waals surface area contributed by atoms with Gasteiger partial charge in [-0.15, -0.1) is 0 Å². The lowest BCUT2D eigenvalue weighted by molar-refractivity contribution is 0.0950. The van der Waals surface area contributed by atoms with Crippen molar-refractivity contribution in [3.63, 3.8) is 0 Å². The van der Waals surface area contributed by atoms with Crippen molar-refractivity contribution in [2.75, 3.05) is 25.7 Å². The Morgan fingerprint density at radius 2 is 1.60 bits per heavy atom. The number of fused-ring (bicyclic) bond motifs is 2. The maximum atomic E-state index is 13.8. The molecule has 0 saturated carbocycles. The number of carbonyl (C=O) groups excluding carboxylic acids is 2. The molecule has 1 N–H and O–H groups in total. The zero-order valence-electron chi connectivity index (χ0n) is 22.0. The molecule has 0 bridgehead atoms. The Morgan fingerprint density at radius 3 is 2.35 bits per heavy atom. The molecule has 5 rings (SSSR count). The maximum absolute atomic E-state index is 13.8. The number of hydrogen-bond donors (Lipinski definition) is 1. The first kappa shape index (κ1) is 27.4. The number of nitrogens with zero attached hydrogens (tertiary/aromatic N) is 1. The van der Waals surface area contributed by atoms with Crippen LogP contribution >= 0.6 is 11.6 Å². The SMILES string of the molecule is COc1ccc(CCNC(=O)c2ccc3c(c2)N(Cc2ccc(Cl)cc2)C(=O)c2ccccc2S3=O)cc1OC. The van der Waals surface area contributed by atoms with Crippen LogP contribution in [-0.2, 0) is 23.8 Å². The van der Waals surface area contributed by atoms with E-state index < -0.39 is 10.8 Å². The van der Waals surface area contributed by atoms with Crippen LogP contribution in [-0.4, -0.2) is 36.8 Å². The zero-order valence-corrected chi connectivity index (χ0v) is 23.6. The second kappa shape index (κ2) is 11.9. The van der Waals surface area contributed by atoms with Crippen LogP contribution in [0.1, 0.15) is 31.8 Å². The molecular formula is C31H27ClN2O5S. The number of rotatable bonds is 8. The fraction of sp³-hybridized carbons (Fsp3) is 0.161. The summed E-state index contributed by atoms with van der Waals surface area (Å²) in [4.78, 5) is 29.4. The van der Waals surface area contributed by atoms with E-state index in [9.17, 15) is 13.8 Å². The molecule has 0 aromatic heterocycles. The maximum Gasteiger partial charge on any atom is 0.259 e. The molecule has 0 spiro atoms. The molecule has 1 aliphatic rings. The summed E-state index contributed by atoms with van der Waals surface area (Å²) >= 11 is 6.06. The third kappa shape index (κ3) is 5.59. The van der Waals surface area contributed by atoms with E-state index in [2.05, 4.69) is 5.32 Å². The number of amides is 2. The normalized spacial score (nSPS) is 14.1. The van der Waals surface area contributed by atoms with Gasteiger partial charge in [-0.05, 0) is 72.1 Å². The average Bonchev–Trinajstić information content (AvgIpc) is 3.07. The van der Waals surface area contributed by atoms with Gasteiger partial charge in [0.2, 0.25) is 0 Å². The predicted octanol–water partition coefficient (Wildman–Crippen LogP) is 5.66. The average molecular weight is 575 g/mol. The predicted molar refractivity (Wildman–Crippen MR) is 155 cm³/mol. The summed E-state index contributed by atoms with van der Waals surface area (Å²) < 4.78 is 24.3. The molecule has 0 aliphatic carbocycles. The van der Waals surface area contributed by atoms with E-state index in [0.717, 1.165) is 11.1 Å². The van der Waals surface area contributed by atoms with Crippen molar-refractivity contribution in [2.45, 2.75) is 22.8 Å². The molecule has 0 radical (unpaired) electrons. The first-order valence-electron chi connectivity index (χ1n) is 12.6. The molecule has 9 heteroatoms. The summed E-state index contributed by atoms with van der Waals surface area (Å²) in [6.45, 7) is 0.606. The van der Waals surface area contributed by atoms with Crippen molar-refractivity contribution >= 4 is 39.9 Å². The molecule has 2 amide bonds. The van der Waals surface area contributed by atoms with Crippen molar-refractivity contribution < 1.29 is 23.3 Å². The van der Waals surface area contributed by atoms with Crippen LogP contribution in [0.15, 0.2) is 94.7 Å². The van der Waals surface area contributed by atoms with Gasteiger partial charge in [0.05, 0.1) is 52.6 Å². The van der Waals surface area contributed by atoms with Gasteiger partial charge in [-0.2, -0.15) is 0 Å².